The number of nitro groups is 1. The number of morpholine rings is 1. The highest BCUT2D eigenvalue weighted by Gasteiger charge is 2.28. The minimum absolute atomic E-state index is 0.0760. The molecule has 0 radical (unpaired) electrons. The molecule has 0 bridgehead atoms. The standard InChI is InChI=1S/C21H28N4O5S/c1-2-23(18-7-4-3-5-8-18)12-6-11-22-20-10-9-19(17-21(20)25(26)27)31(28,29)24-13-15-30-16-14-24/h3-5,7-10,17,22H,2,6,11-16H2,1H3. The Labute approximate surface area is 182 Å². The Balaban J connectivity index is 1.65. The number of para-hydroxylation sites is 1. The summed E-state index contributed by atoms with van der Waals surface area (Å²) in [4.78, 5) is 13.2. The van der Waals surface area contributed by atoms with Gasteiger partial charge in [-0.3, -0.25) is 10.1 Å². The molecule has 31 heavy (non-hydrogen) atoms. The van der Waals surface area contributed by atoms with Crippen LogP contribution in [0, 0.1) is 10.1 Å². The second kappa shape index (κ2) is 10.6. The maximum absolute atomic E-state index is 12.8. The highest BCUT2D eigenvalue weighted by molar-refractivity contribution is 7.89. The lowest BCUT2D eigenvalue weighted by atomic mass is 10.2. The number of nitrogens with zero attached hydrogens (tertiary/aromatic N) is 3. The molecule has 1 N–H and O–H groups in total. The summed E-state index contributed by atoms with van der Waals surface area (Å²) in [5.41, 5.74) is 1.20. The first-order valence-electron chi connectivity index (χ1n) is 10.3. The first kappa shape index (κ1) is 23.0. The van der Waals surface area contributed by atoms with Gasteiger partial charge >= 0.3 is 0 Å². The number of benzene rings is 2. The van der Waals surface area contributed by atoms with Crippen LogP contribution < -0.4 is 10.2 Å². The van der Waals surface area contributed by atoms with Crippen LogP contribution in [0.15, 0.2) is 53.4 Å². The number of ether oxygens (including phenoxy) is 1. The molecule has 1 fully saturated rings. The van der Waals surface area contributed by atoms with Crippen molar-refractivity contribution in [3.05, 3.63) is 58.6 Å². The van der Waals surface area contributed by atoms with Crippen molar-refractivity contribution < 1.29 is 18.1 Å². The molecule has 2 aromatic rings. The zero-order chi connectivity index (χ0) is 22.3. The lowest BCUT2D eigenvalue weighted by molar-refractivity contribution is -0.384. The molecule has 1 heterocycles. The van der Waals surface area contributed by atoms with E-state index in [0.717, 1.165) is 31.3 Å². The van der Waals surface area contributed by atoms with Crippen molar-refractivity contribution >= 4 is 27.1 Å². The van der Waals surface area contributed by atoms with E-state index in [4.69, 9.17) is 4.74 Å². The Morgan fingerprint density at radius 1 is 1.16 bits per heavy atom. The molecule has 10 heteroatoms. The van der Waals surface area contributed by atoms with Crippen molar-refractivity contribution in [1.82, 2.24) is 4.31 Å². The van der Waals surface area contributed by atoms with Gasteiger partial charge < -0.3 is 15.0 Å². The molecule has 0 saturated carbocycles. The maximum atomic E-state index is 12.8. The van der Waals surface area contributed by atoms with Crippen molar-refractivity contribution in [3.8, 4) is 0 Å². The Hall–Kier alpha value is -2.69. The van der Waals surface area contributed by atoms with Gasteiger partial charge in [-0.1, -0.05) is 18.2 Å². The third-order valence-corrected chi connectivity index (χ3v) is 7.09. The van der Waals surface area contributed by atoms with Crippen LogP contribution in [0.1, 0.15) is 13.3 Å². The Bertz CT molecular complexity index is 979. The summed E-state index contributed by atoms with van der Waals surface area (Å²) in [6.07, 6.45) is 0.772. The van der Waals surface area contributed by atoms with E-state index >= 15 is 0 Å². The molecule has 0 atom stereocenters. The van der Waals surface area contributed by atoms with Crippen LogP contribution in [-0.2, 0) is 14.8 Å². The third kappa shape index (κ3) is 5.72. The maximum Gasteiger partial charge on any atom is 0.293 e. The van der Waals surface area contributed by atoms with E-state index in [1.54, 1.807) is 0 Å². The highest BCUT2D eigenvalue weighted by atomic mass is 32.2. The largest absolute Gasteiger partial charge is 0.379 e. The smallest absolute Gasteiger partial charge is 0.293 e. The molecule has 0 spiro atoms. The first-order valence-corrected chi connectivity index (χ1v) is 11.8. The molecule has 0 amide bonds. The predicted molar refractivity (Wildman–Crippen MR) is 120 cm³/mol. The molecule has 1 aliphatic heterocycles. The molecule has 0 aromatic heterocycles. The number of nitrogens with one attached hydrogen (secondary N) is 1. The second-order valence-electron chi connectivity index (χ2n) is 7.15. The van der Waals surface area contributed by atoms with Gasteiger partial charge in [-0.05, 0) is 37.6 Å². The van der Waals surface area contributed by atoms with Gasteiger partial charge in [-0.25, -0.2) is 8.42 Å². The van der Waals surface area contributed by atoms with Gasteiger partial charge in [0.15, 0.2) is 0 Å². The summed E-state index contributed by atoms with van der Waals surface area (Å²) >= 11 is 0. The lowest BCUT2D eigenvalue weighted by Gasteiger charge is -2.26. The molecule has 1 saturated heterocycles. The van der Waals surface area contributed by atoms with Crippen molar-refractivity contribution in [1.29, 1.82) is 0 Å². The molecule has 168 valence electrons. The molecular formula is C21H28N4O5S. The number of hydrogen-bond donors (Lipinski definition) is 1. The van der Waals surface area contributed by atoms with Gasteiger partial charge in [0.1, 0.15) is 5.69 Å². The van der Waals surface area contributed by atoms with Gasteiger partial charge in [0.25, 0.3) is 5.69 Å². The topological polar surface area (TPSA) is 105 Å². The van der Waals surface area contributed by atoms with Crippen molar-refractivity contribution in [2.45, 2.75) is 18.2 Å². The first-order chi connectivity index (χ1) is 14.9. The number of nitro benzene ring substituents is 1. The second-order valence-corrected chi connectivity index (χ2v) is 9.09. The molecule has 9 nitrogen and oxygen atoms in total. The number of anilines is 2. The van der Waals surface area contributed by atoms with E-state index in [9.17, 15) is 18.5 Å². The number of rotatable bonds is 10. The van der Waals surface area contributed by atoms with Gasteiger partial charge in [0, 0.05) is 44.5 Å². The Morgan fingerprint density at radius 3 is 2.52 bits per heavy atom. The van der Waals surface area contributed by atoms with Crippen LogP contribution in [-0.4, -0.2) is 63.6 Å². The average molecular weight is 449 g/mol. The lowest BCUT2D eigenvalue weighted by Crippen LogP contribution is -2.40. The third-order valence-electron chi connectivity index (χ3n) is 5.20. The van der Waals surface area contributed by atoms with E-state index in [0.29, 0.717) is 25.4 Å². The Morgan fingerprint density at radius 2 is 1.87 bits per heavy atom. The van der Waals surface area contributed by atoms with Gasteiger partial charge in [0.2, 0.25) is 10.0 Å². The summed E-state index contributed by atoms with van der Waals surface area (Å²) in [7, 11) is -3.79. The predicted octanol–water partition coefficient (Wildman–Crippen LogP) is 2.94. The molecule has 0 unspecified atom stereocenters. The van der Waals surface area contributed by atoms with E-state index < -0.39 is 14.9 Å². The number of sulfonamides is 1. The molecule has 2 aromatic carbocycles. The van der Waals surface area contributed by atoms with Crippen LogP contribution in [0.3, 0.4) is 0 Å². The fourth-order valence-corrected chi connectivity index (χ4v) is 4.94. The zero-order valence-corrected chi connectivity index (χ0v) is 18.4. The van der Waals surface area contributed by atoms with Crippen LogP contribution in [0.5, 0.6) is 0 Å². The highest BCUT2D eigenvalue weighted by Crippen LogP contribution is 2.29. The Kier molecular flexibility index (Phi) is 7.83. The van der Waals surface area contributed by atoms with Crippen LogP contribution in [0.4, 0.5) is 17.1 Å². The normalized spacial score (nSPS) is 14.9. The minimum Gasteiger partial charge on any atom is -0.379 e. The van der Waals surface area contributed by atoms with Crippen molar-refractivity contribution in [2.75, 3.05) is 56.2 Å². The van der Waals surface area contributed by atoms with Crippen LogP contribution in [0.25, 0.3) is 0 Å². The molecular weight excluding hydrogens is 420 g/mol. The fraction of sp³-hybridized carbons (Fsp3) is 0.429. The monoisotopic (exact) mass is 448 g/mol. The van der Waals surface area contributed by atoms with Crippen LogP contribution >= 0.6 is 0 Å². The molecule has 1 aliphatic rings. The van der Waals surface area contributed by atoms with E-state index in [1.807, 2.05) is 18.2 Å². The summed E-state index contributed by atoms with van der Waals surface area (Å²) in [6.45, 7) is 5.39. The minimum atomic E-state index is -3.79. The van der Waals surface area contributed by atoms with E-state index in [-0.39, 0.29) is 23.7 Å². The van der Waals surface area contributed by atoms with Gasteiger partial charge in [0.05, 0.1) is 23.0 Å². The summed E-state index contributed by atoms with van der Waals surface area (Å²) in [6, 6.07) is 14.1. The quantitative estimate of drug-likeness (QED) is 0.338. The van der Waals surface area contributed by atoms with Gasteiger partial charge in [-0.15, -0.1) is 0 Å². The van der Waals surface area contributed by atoms with E-state index in [1.165, 1.54) is 16.4 Å². The zero-order valence-electron chi connectivity index (χ0n) is 17.6. The summed E-state index contributed by atoms with van der Waals surface area (Å²) in [5, 5.41) is 14.7. The van der Waals surface area contributed by atoms with Crippen molar-refractivity contribution in [3.63, 3.8) is 0 Å². The average Bonchev–Trinajstić information content (AvgIpc) is 2.80. The van der Waals surface area contributed by atoms with Crippen LogP contribution in [0.2, 0.25) is 0 Å². The number of hydrogen-bond acceptors (Lipinski definition) is 7. The van der Waals surface area contributed by atoms with Gasteiger partial charge in [-0.2, -0.15) is 4.31 Å². The SMILES string of the molecule is CCN(CCCNc1ccc(S(=O)(=O)N2CCOCC2)cc1[N+](=O)[O-])c1ccccc1. The molecule has 0 aliphatic carbocycles. The summed E-state index contributed by atoms with van der Waals surface area (Å²) < 4.78 is 32.1. The van der Waals surface area contributed by atoms with Crippen molar-refractivity contribution in [2.24, 2.45) is 0 Å². The summed E-state index contributed by atoms with van der Waals surface area (Å²) in [5.74, 6) is 0. The molecule has 3 rings (SSSR count). The fourth-order valence-electron chi connectivity index (χ4n) is 3.51. The van der Waals surface area contributed by atoms with E-state index in [2.05, 4.69) is 29.3 Å².